The molecule has 3 atom stereocenters. The molecule has 1 unspecified atom stereocenters. The SMILES string of the molecule is CCC(C)[C@H](O)[C@H](N)c1cc(Br)ccc1Cl.Cl. The van der Waals surface area contributed by atoms with E-state index in [1.807, 2.05) is 26.0 Å². The van der Waals surface area contributed by atoms with Crippen LogP contribution in [0, 0.1) is 5.92 Å². The van der Waals surface area contributed by atoms with Crippen LogP contribution in [0.4, 0.5) is 0 Å². The molecule has 0 amide bonds. The van der Waals surface area contributed by atoms with Crippen LogP contribution in [0.1, 0.15) is 31.9 Å². The molecule has 1 aromatic rings. The molecule has 0 aromatic heterocycles. The molecule has 0 aliphatic heterocycles. The largest absolute Gasteiger partial charge is 0.391 e. The highest BCUT2D eigenvalue weighted by Crippen LogP contribution is 2.29. The zero-order valence-corrected chi connectivity index (χ0v) is 13.0. The second-order valence-corrected chi connectivity index (χ2v) is 5.39. The van der Waals surface area contributed by atoms with E-state index in [1.54, 1.807) is 6.07 Å². The summed E-state index contributed by atoms with van der Waals surface area (Å²) in [5.74, 6) is 0.157. The van der Waals surface area contributed by atoms with Gasteiger partial charge in [0.05, 0.1) is 12.1 Å². The molecule has 0 fully saturated rings. The van der Waals surface area contributed by atoms with E-state index in [4.69, 9.17) is 17.3 Å². The molecule has 5 heteroatoms. The van der Waals surface area contributed by atoms with Crippen LogP contribution < -0.4 is 5.73 Å². The minimum atomic E-state index is -0.572. The number of hydrogen-bond donors (Lipinski definition) is 2. The van der Waals surface area contributed by atoms with Crippen molar-refractivity contribution < 1.29 is 5.11 Å². The van der Waals surface area contributed by atoms with Crippen LogP contribution in [0.2, 0.25) is 5.02 Å². The zero-order chi connectivity index (χ0) is 12.3. The third-order valence-electron chi connectivity index (χ3n) is 2.91. The lowest BCUT2D eigenvalue weighted by atomic mass is 9.91. The van der Waals surface area contributed by atoms with Gasteiger partial charge in [-0.3, -0.25) is 0 Å². The number of aliphatic hydroxyl groups excluding tert-OH is 1. The predicted octanol–water partition coefficient (Wildman–Crippen LogP) is 3.93. The Morgan fingerprint density at radius 2 is 2.06 bits per heavy atom. The van der Waals surface area contributed by atoms with Gasteiger partial charge in [0.1, 0.15) is 0 Å². The molecule has 3 N–H and O–H groups in total. The number of aliphatic hydroxyl groups is 1. The van der Waals surface area contributed by atoms with E-state index in [2.05, 4.69) is 15.9 Å². The molecule has 0 saturated heterocycles. The highest BCUT2D eigenvalue weighted by molar-refractivity contribution is 9.10. The van der Waals surface area contributed by atoms with E-state index >= 15 is 0 Å². The standard InChI is InChI=1S/C12H17BrClNO.ClH/c1-3-7(2)12(16)11(15)9-6-8(13)4-5-10(9)14;/h4-7,11-12,16H,3,15H2,1-2H3;1H/t7?,11-,12+;/m1./s1. The molecule has 17 heavy (non-hydrogen) atoms. The maximum Gasteiger partial charge on any atom is 0.0758 e. The quantitative estimate of drug-likeness (QED) is 0.870. The molecule has 98 valence electrons. The Morgan fingerprint density at radius 3 is 2.59 bits per heavy atom. The summed E-state index contributed by atoms with van der Waals surface area (Å²) in [5.41, 5.74) is 6.81. The van der Waals surface area contributed by atoms with Crippen LogP contribution in [0.5, 0.6) is 0 Å². The molecule has 0 heterocycles. The van der Waals surface area contributed by atoms with Gasteiger partial charge in [0.25, 0.3) is 0 Å². The van der Waals surface area contributed by atoms with Gasteiger partial charge >= 0.3 is 0 Å². The molecule has 1 aromatic carbocycles. The summed E-state index contributed by atoms with van der Waals surface area (Å²) in [6.07, 6.45) is 0.317. The van der Waals surface area contributed by atoms with Crippen molar-refractivity contribution in [1.82, 2.24) is 0 Å². The average Bonchev–Trinajstić information content (AvgIpc) is 2.29. The van der Waals surface area contributed by atoms with Gasteiger partial charge in [-0.15, -0.1) is 12.4 Å². The highest BCUT2D eigenvalue weighted by Gasteiger charge is 2.23. The summed E-state index contributed by atoms with van der Waals surface area (Å²) in [6, 6.07) is 5.05. The summed E-state index contributed by atoms with van der Waals surface area (Å²) >= 11 is 9.44. The van der Waals surface area contributed by atoms with E-state index < -0.39 is 12.1 Å². The minimum Gasteiger partial charge on any atom is -0.391 e. The summed E-state index contributed by atoms with van der Waals surface area (Å²) in [4.78, 5) is 0. The van der Waals surface area contributed by atoms with Crippen LogP contribution in [-0.4, -0.2) is 11.2 Å². The van der Waals surface area contributed by atoms with Crippen molar-refractivity contribution in [3.05, 3.63) is 33.3 Å². The van der Waals surface area contributed by atoms with Crippen LogP contribution >= 0.6 is 39.9 Å². The monoisotopic (exact) mass is 341 g/mol. The van der Waals surface area contributed by atoms with E-state index in [1.165, 1.54) is 0 Å². The van der Waals surface area contributed by atoms with Crippen molar-refractivity contribution in [2.45, 2.75) is 32.4 Å². The number of halogens is 3. The first kappa shape index (κ1) is 17.2. The molecule has 0 aliphatic rings. The molecule has 0 bridgehead atoms. The van der Waals surface area contributed by atoms with Gasteiger partial charge in [0.15, 0.2) is 0 Å². The smallest absolute Gasteiger partial charge is 0.0758 e. The zero-order valence-electron chi connectivity index (χ0n) is 9.86. The van der Waals surface area contributed by atoms with Gasteiger partial charge in [0.2, 0.25) is 0 Å². The third-order valence-corrected chi connectivity index (χ3v) is 3.75. The van der Waals surface area contributed by atoms with Crippen LogP contribution in [-0.2, 0) is 0 Å². The number of benzene rings is 1. The van der Waals surface area contributed by atoms with Crippen molar-refractivity contribution in [2.75, 3.05) is 0 Å². The average molecular weight is 343 g/mol. The minimum absolute atomic E-state index is 0. The van der Waals surface area contributed by atoms with Gasteiger partial charge in [0, 0.05) is 9.50 Å². The molecule has 0 spiro atoms. The lowest BCUT2D eigenvalue weighted by Gasteiger charge is -2.25. The molecular formula is C12H18BrCl2NO. The van der Waals surface area contributed by atoms with Crippen molar-refractivity contribution in [3.8, 4) is 0 Å². The van der Waals surface area contributed by atoms with Gasteiger partial charge in [-0.2, -0.15) is 0 Å². The molecule has 0 radical (unpaired) electrons. The molecule has 2 nitrogen and oxygen atoms in total. The third kappa shape index (κ3) is 4.42. The van der Waals surface area contributed by atoms with E-state index in [0.29, 0.717) is 5.02 Å². The Bertz CT molecular complexity index is 362. The first-order chi connectivity index (χ1) is 7.47. The fourth-order valence-electron chi connectivity index (χ4n) is 1.55. The number of rotatable bonds is 4. The number of nitrogens with two attached hydrogens (primary N) is 1. The highest BCUT2D eigenvalue weighted by atomic mass is 79.9. The lowest BCUT2D eigenvalue weighted by molar-refractivity contribution is 0.0880. The van der Waals surface area contributed by atoms with Crippen LogP contribution in [0.15, 0.2) is 22.7 Å². The normalized spacial score (nSPS) is 15.9. The Balaban J connectivity index is 0.00000256. The van der Waals surface area contributed by atoms with Gasteiger partial charge in [-0.05, 0) is 29.7 Å². The van der Waals surface area contributed by atoms with Crippen molar-refractivity contribution in [2.24, 2.45) is 11.7 Å². The second kappa shape index (κ2) is 7.59. The Labute approximate surface area is 122 Å². The van der Waals surface area contributed by atoms with Crippen molar-refractivity contribution >= 4 is 39.9 Å². The molecule has 0 aliphatic carbocycles. The van der Waals surface area contributed by atoms with Crippen LogP contribution in [0.3, 0.4) is 0 Å². The van der Waals surface area contributed by atoms with E-state index in [0.717, 1.165) is 16.5 Å². The number of hydrogen-bond acceptors (Lipinski definition) is 2. The maximum atomic E-state index is 10.1. The van der Waals surface area contributed by atoms with Gasteiger partial charge in [-0.1, -0.05) is 47.8 Å². The van der Waals surface area contributed by atoms with E-state index in [-0.39, 0.29) is 18.3 Å². The van der Waals surface area contributed by atoms with Gasteiger partial charge < -0.3 is 10.8 Å². The Hall–Kier alpha value is 0.200. The maximum absolute atomic E-state index is 10.1. The summed E-state index contributed by atoms with van der Waals surface area (Å²) in [5, 5.41) is 10.7. The predicted molar refractivity (Wildman–Crippen MR) is 78.8 cm³/mol. The molecule has 0 saturated carbocycles. The van der Waals surface area contributed by atoms with Crippen molar-refractivity contribution in [1.29, 1.82) is 0 Å². The fourth-order valence-corrected chi connectivity index (χ4v) is 2.17. The van der Waals surface area contributed by atoms with Crippen LogP contribution in [0.25, 0.3) is 0 Å². The lowest BCUT2D eigenvalue weighted by Crippen LogP contribution is -2.31. The first-order valence-electron chi connectivity index (χ1n) is 5.36. The summed E-state index contributed by atoms with van der Waals surface area (Å²) in [6.45, 7) is 4.01. The van der Waals surface area contributed by atoms with Crippen molar-refractivity contribution in [3.63, 3.8) is 0 Å². The Morgan fingerprint density at radius 1 is 1.47 bits per heavy atom. The molecular weight excluding hydrogens is 325 g/mol. The van der Waals surface area contributed by atoms with E-state index in [9.17, 15) is 5.11 Å². The second-order valence-electron chi connectivity index (χ2n) is 4.07. The fraction of sp³-hybridized carbons (Fsp3) is 0.500. The first-order valence-corrected chi connectivity index (χ1v) is 6.53. The Kier molecular flexibility index (Phi) is 7.68. The summed E-state index contributed by atoms with van der Waals surface area (Å²) in [7, 11) is 0. The van der Waals surface area contributed by atoms with Gasteiger partial charge in [-0.25, -0.2) is 0 Å². The summed E-state index contributed by atoms with van der Waals surface area (Å²) < 4.78 is 0.915. The molecule has 1 rings (SSSR count). The topological polar surface area (TPSA) is 46.2 Å².